The number of carbonyl (C=O) groups is 1. The average Bonchev–Trinajstić information content (AvgIpc) is 2.96. The van der Waals surface area contributed by atoms with E-state index in [4.69, 9.17) is 0 Å². The Hall–Kier alpha value is -3.67. The van der Waals surface area contributed by atoms with Crippen LogP contribution in [0.1, 0.15) is 19.4 Å². The molecule has 1 saturated heterocycles. The fraction of sp³-hybridized carbons (Fsp3) is 0.208. The van der Waals surface area contributed by atoms with Crippen molar-refractivity contribution in [1.82, 2.24) is 4.57 Å². The maximum atomic E-state index is 13.2. The third-order valence-electron chi connectivity index (χ3n) is 5.85. The third kappa shape index (κ3) is 2.92. The van der Waals surface area contributed by atoms with E-state index in [2.05, 4.69) is 11.6 Å². The largest absolute Gasteiger partial charge is 0.506 e. The van der Waals surface area contributed by atoms with E-state index in [0.717, 1.165) is 5.69 Å². The molecule has 4 rings (SSSR count). The van der Waals surface area contributed by atoms with Crippen LogP contribution in [0.3, 0.4) is 0 Å². The fourth-order valence-electron chi connectivity index (χ4n) is 3.99. The summed E-state index contributed by atoms with van der Waals surface area (Å²) in [6.07, 6.45) is 0. The van der Waals surface area contributed by atoms with E-state index in [0.29, 0.717) is 16.6 Å². The van der Waals surface area contributed by atoms with Crippen LogP contribution in [0.4, 0.5) is 5.69 Å². The minimum atomic E-state index is -0.411. The number of fused-ring (bicyclic) bond motifs is 1. The van der Waals surface area contributed by atoms with Crippen molar-refractivity contribution in [3.05, 3.63) is 77.1 Å². The number of aryl methyl sites for hydroxylation is 1. The van der Waals surface area contributed by atoms with Crippen LogP contribution in [-0.2, 0) is 11.8 Å². The zero-order chi connectivity index (χ0) is 21.6. The summed E-state index contributed by atoms with van der Waals surface area (Å²) in [6.45, 7) is 7.81. The number of hydrogen-bond acceptors (Lipinski definition) is 4. The molecule has 1 aliphatic heterocycles. The van der Waals surface area contributed by atoms with Gasteiger partial charge in [0.25, 0.3) is 11.5 Å². The lowest BCUT2D eigenvalue weighted by atomic mass is 10.0. The molecular formula is C24H23N3O3. The van der Waals surface area contributed by atoms with Crippen molar-refractivity contribution in [3.8, 4) is 5.75 Å². The summed E-state index contributed by atoms with van der Waals surface area (Å²) in [7, 11) is 1.64. The van der Waals surface area contributed by atoms with E-state index >= 15 is 0 Å². The van der Waals surface area contributed by atoms with Crippen molar-refractivity contribution in [2.75, 3.05) is 4.90 Å². The number of aromatic hydroxyl groups is 1. The number of carbonyl (C=O) groups excluding carboxylic acids is 1. The van der Waals surface area contributed by atoms with Gasteiger partial charge in [0, 0.05) is 30.1 Å². The van der Waals surface area contributed by atoms with Crippen LogP contribution in [0.15, 0.2) is 71.0 Å². The van der Waals surface area contributed by atoms with Crippen LogP contribution in [-0.4, -0.2) is 27.3 Å². The van der Waals surface area contributed by atoms with Gasteiger partial charge in [-0.05, 0) is 31.2 Å². The molecule has 0 aliphatic carbocycles. The molecule has 0 saturated carbocycles. The number of benzene rings is 2. The van der Waals surface area contributed by atoms with Gasteiger partial charge in [-0.3, -0.25) is 9.59 Å². The maximum Gasteiger partial charge on any atom is 0.273 e. The van der Waals surface area contributed by atoms with Crippen molar-refractivity contribution in [2.45, 2.75) is 19.9 Å². The Kier molecular flexibility index (Phi) is 4.78. The molecule has 152 valence electrons. The molecule has 1 unspecified atom stereocenters. The average molecular weight is 401 g/mol. The zero-order valence-electron chi connectivity index (χ0n) is 17.2. The van der Waals surface area contributed by atoms with Crippen molar-refractivity contribution in [3.63, 3.8) is 0 Å². The molecule has 0 spiro atoms. The fourth-order valence-corrected chi connectivity index (χ4v) is 3.99. The van der Waals surface area contributed by atoms with Gasteiger partial charge in [0.2, 0.25) is 0 Å². The highest BCUT2D eigenvalue weighted by Gasteiger charge is 2.41. The number of aliphatic imine (C=N–C) groups is 1. The minimum Gasteiger partial charge on any atom is -0.506 e. The first kappa shape index (κ1) is 19.6. The Bertz CT molecular complexity index is 1260. The van der Waals surface area contributed by atoms with E-state index in [1.54, 1.807) is 36.2 Å². The lowest BCUT2D eigenvalue weighted by molar-refractivity contribution is -0.112. The molecule has 1 N–H and O–H groups in total. The van der Waals surface area contributed by atoms with Crippen LogP contribution < -0.4 is 10.5 Å². The second kappa shape index (κ2) is 7.30. The smallest absolute Gasteiger partial charge is 0.273 e. The summed E-state index contributed by atoms with van der Waals surface area (Å²) in [5.74, 6) is -0.561. The molecular weight excluding hydrogens is 378 g/mol. The topological polar surface area (TPSA) is 74.9 Å². The first-order chi connectivity index (χ1) is 14.3. The molecule has 6 heteroatoms. The first-order valence-electron chi connectivity index (χ1n) is 9.80. The summed E-state index contributed by atoms with van der Waals surface area (Å²) in [5.41, 5.74) is 1.41. The lowest BCUT2D eigenvalue weighted by Crippen LogP contribution is -2.32. The Balaban J connectivity index is 1.80. The molecule has 2 aromatic carbocycles. The molecule has 2 atom stereocenters. The number of para-hydroxylation sites is 2. The standard InChI is InChI=1S/C24H23N3O3/c1-14-16(3)27(17-10-6-5-7-11-17)24(30)21(14)25-15(2)20-22(28)18-12-8-9-13-19(18)26(4)23(20)29/h5-14,16,28H,2H2,1,3-4H3/t14?,16-/m0/s1. The Morgan fingerprint density at radius 3 is 2.37 bits per heavy atom. The molecule has 0 radical (unpaired) electrons. The van der Waals surface area contributed by atoms with E-state index < -0.39 is 5.56 Å². The number of nitrogens with zero attached hydrogens (tertiary/aromatic N) is 3. The van der Waals surface area contributed by atoms with Crippen LogP contribution in [0.25, 0.3) is 16.6 Å². The molecule has 1 aliphatic rings. The zero-order valence-corrected chi connectivity index (χ0v) is 17.2. The second-order valence-corrected chi connectivity index (χ2v) is 7.59. The highest BCUT2D eigenvalue weighted by molar-refractivity contribution is 6.47. The Labute approximate surface area is 174 Å². The van der Waals surface area contributed by atoms with Crippen LogP contribution in [0.5, 0.6) is 5.75 Å². The number of hydrogen-bond donors (Lipinski definition) is 1. The monoisotopic (exact) mass is 401 g/mol. The number of rotatable bonds is 3. The molecule has 2 heterocycles. The van der Waals surface area contributed by atoms with Gasteiger partial charge in [0.1, 0.15) is 17.0 Å². The second-order valence-electron chi connectivity index (χ2n) is 7.59. The van der Waals surface area contributed by atoms with Gasteiger partial charge in [0.05, 0.1) is 11.2 Å². The van der Waals surface area contributed by atoms with Gasteiger partial charge in [0.15, 0.2) is 0 Å². The summed E-state index contributed by atoms with van der Waals surface area (Å²) in [4.78, 5) is 32.2. The third-order valence-corrected chi connectivity index (χ3v) is 5.85. The Morgan fingerprint density at radius 2 is 1.67 bits per heavy atom. The molecule has 30 heavy (non-hydrogen) atoms. The lowest BCUT2D eigenvalue weighted by Gasteiger charge is -2.22. The molecule has 6 nitrogen and oxygen atoms in total. The summed E-state index contributed by atoms with van der Waals surface area (Å²) in [5, 5.41) is 11.3. The van der Waals surface area contributed by atoms with Gasteiger partial charge in [-0.2, -0.15) is 0 Å². The quantitative estimate of drug-likeness (QED) is 0.727. The van der Waals surface area contributed by atoms with Crippen LogP contribution >= 0.6 is 0 Å². The molecule has 1 amide bonds. The summed E-state index contributed by atoms with van der Waals surface area (Å²) < 4.78 is 1.45. The van der Waals surface area contributed by atoms with Crippen molar-refractivity contribution < 1.29 is 9.90 Å². The highest BCUT2D eigenvalue weighted by atomic mass is 16.3. The predicted molar refractivity (Wildman–Crippen MR) is 120 cm³/mol. The number of amides is 1. The number of aromatic nitrogens is 1. The molecule has 0 bridgehead atoms. The van der Waals surface area contributed by atoms with E-state index in [9.17, 15) is 14.7 Å². The molecule has 1 aromatic heterocycles. The van der Waals surface area contributed by atoms with Crippen molar-refractivity contribution >= 4 is 33.9 Å². The maximum absolute atomic E-state index is 13.2. The van der Waals surface area contributed by atoms with Crippen LogP contribution in [0.2, 0.25) is 0 Å². The number of anilines is 1. The molecule has 1 fully saturated rings. The molecule has 3 aromatic rings. The van der Waals surface area contributed by atoms with Crippen molar-refractivity contribution in [1.29, 1.82) is 0 Å². The van der Waals surface area contributed by atoms with Gasteiger partial charge in [-0.25, -0.2) is 4.99 Å². The van der Waals surface area contributed by atoms with Gasteiger partial charge in [-0.1, -0.05) is 43.8 Å². The van der Waals surface area contributed by atoms with Crippen molar-refractivity contribution in [2.24, 2.45) is 18.0 Å². The van der Waals surface area contributed by atoms with Gasteiger partial charge >= 0.3 is 0 Å². The van der Waals surface area contributed by atoms with Gasteiger partial charge in [-0.15, -0.1) is 0 Å². The predicted octanol–water partition coefficient (Wildman–Crippen LogP) is 3.73. The Morgan fingerprint density at radius 1 is 1.03 bits per heavy atom. The van der Waals surface area contributed by atoms with E-state index in [1.807, 2.05) is 44.2 Å². The van der Waals surface area contributed by atoms with Crippen LogP contribution in [0, 0.1) is 5.92 Å². The van der Waals surface area contributed by atoms with E-state index in [-0.39, 0.29) is 34.9 Å². The SMILES string of the molecule is C=C(N=C1C(=O)N(c2ccccc2)[C@@H](C)C1C)c1c(O)c2ccccc2n(C)c1=O. The van der Waals surface area contributed by atoms with E-state index in [1.165, 1.54) is 4.57 Å². The summed E-state index contributed by atoms with van der Waals surface area (Å²) >= 11 is 0. The summed E-state index contributed by atoms with van der Waals surface area (Å²) in [6, 6.07) is 16.4. The normalized spacial score (nSPS) is 20.3. The number of pyridine rings is 1. The van der Waals surface area contributed by atoms with Gasteiger partial charge < -0.3 is 14.6 Å². The first-order valence-corrected chi connectivity index (χ1v) is 9.80. The minimum absolute atomic E-state index is 0.00881. The highest BCUT2D eigenvalue weighted by Crippen LogP contribution is 2.33.